The van der Waals surface area contributed by atoms with Crippen molar-refractivity contribution in [2.75, 3.05) is 0 Å². The van der Waals surface area contributed by atoms with Gasteiger partial charge in [-0.2, -0.15) is 0 Å². The van der Waals surface area contributed by atoms with Crippen molar-refractivity contribution in [2.24, 2.45) is 34.5 Å². The summed E-state index contributed by atoms with van der Waals surface area (Å²) in [6.07, 6.45) is 16.1. The molecule has 0 saturated heterocycles. The van der Waals surface area contributed by atoms with Crippen LogP contribution in [0.25, 0.3) is 0 Å². The zero-order valence-corrected chi connectivity index (χ0v) is 15.1. The molecule has 0 amide bonds. The maximum absolute atomic E-state index is 10.7. The fourth-order valence-electron chi connectivity index (χ4n) is 7.32. The summed E-state index contributed by atoms with van der Waals surface area (Å²) < 4.78 is 0. The van der Waals surface area contributed by atoms with E-state index in [-0.39, 0.29) is 11.5 Å². The van der Waals surface area contributed by atoms with Crippen LogP contribution in [0.1, 0.15) is 71.6 Å². The maximum atomic E-state index is 10.7. The van der Waals surface area contributed by atoms with Gasteiger partial charge in [0.15, 0.2) is 0 Å². The summed E-state index contributed by atoms with van der Waals surface area (Å²) in [6.45, 7) is 9.03. The molecule has 0 aromatic heterocycles. The first-order valence-corrected chi connectivity index (χ1v) is 9.99. The standard InChI is InChI=1S/C22H34O/c1-4-7-15-14-16-8-5-6-12-21(16,2)18-11-13-22(3)17(20(15)18)9-10-19(22)23/h4,8,15,17-20,23H,1,5-7,9-14H2,2-3H3/t15-,17+,18+,19-,20+,21+,22+/m1/s1. The van der Waals surface area contributed by atoms with Gasteiger partial charge in [-0.05, 0) is 92.3 Å². The fraction of sp³-hybridized carbons (Fsp3) is 0.818. The molecule has 3 fully saturated rings. The van der Waals surface area contributed by atoms with Crippen LogP contribution in [-0.4, -0.2) is 11.2 Å². The van der Waals surface area contributed by atoms with Crippen LogP contribution >= 0.6 is 0 Å². The first-order chi connectivity index (χ1) is 11.0. The number of allylic oxidation sites excluding steroid dienone is 3. The van der Waals surface area contributed by atoms with Gasteiger partial charge in [-0.25, -0.2) is 0 Å². The lowest BCUT2D eigenvalue weighted by atomic mass is 9.44. The molecule has 3 saturated carbocycles. The van der Waals surface area contributed by atoms with Crippen LogP contribution in [0.2, 0.25) is 0 Å². The molecule has 0 aromatic rings. The molecule has 0 spiro atoms. The van der Waals surface area contributed by atoms with Crippen LogP contribution in [0, 0.1) is 34.5 Å². The van der Waals surface area contributed by atoms with Crippen LogP contribution in [0.3, 0.4) is 0 Å². The molecule has 0 heterocycles. The topological polar surface area (TPSA) is 20.2 Å². The van der Waals surface area contributed by atoms with Crippen molar-refractivity contribution in [2.45, 2.75) is 77.7 Å². The van der Waals surface area contributed by atoms with Gasteiger partial charge in [0.1, 0.15) is 0 Å². The van der Waals surface area contributed by atoms with Crippen molar-refractivity contribution in [1.29, 1.82) is 0 Å². The minimum Gasteiger partial charge on any atom is -0.393 e. The Hall–Kier alpha value is -0.560. The van der Waals surface area contributed by atoms with Gasteiger partial charge in [0, 0.05) is 0 Å². The molecule has 7 atom stereocenters. The summed E-state index contributed by atoms with van der Waals surface area (Å²) in [4.78, 5) is 0. The first-order valence-electron chi connectivity index (χ1n) is 9.99. The number of aliphatic hydroxyl groups excluding tert-OH is 1. The maximum Gasteiger partial charge on any atom is 0.0596 e. The Bertz CT molecular complexity index is 520. The third kappa shape index (κ3) is 2.15. The molecule has 1 heteroatoms. The quantitative estimate of drug-likeness (QED) is 0.667. The van der Waals surface area contributed by atoms with Crippen molar-refractivity contribution in [1.82, 2.24) is 0 Å². The van der Waals surface area contributed by atoms with Crippen LogP contribution in [0.15, 0.2) is 24.3 Å². The highest BCUT2D eigenvalue weighted by molar-refractivity contribution is 5.25. The Morgan fingerprint density at radius 3 is 2.83 bits per heavy atom. The van der Waals surface area contributed by atoms with E-state index in [0.717, 1.165) is 36.5 Å². The van der Waals surface area contributed by atoms with Gasteiger partial charge in [-0.15, -0.1) is 6.58 Å². The molecule has 1 nitrogen and oxygen atoms in total. The summed E-state index contributed by atoms with van der Waals surface area (Å²) >= 11 is 0. The molecule has 4 aliphatic rings. The van der Waals surface area contributed by atoms with Gasteiger partial charge < -0.3 is 5.11 Å². The minimum atomic E-state index is -0.0612. The normalized spacial score (nSPS) is 52.1. The molecule has 0 aliphatic heterocycles. The Morgan fingerprint density at radius 1 is 1.22 bits per heavy atom. The zero-order chi connectivity index (χ0) is 16.2. The van der Waals surface area contributed by atoms with E-state index in [1.807, 2.05) is 0 Å². The number of hydrogen-bond donors (Lipinski definition) is 1. The zero-order valence-electron chi connectivity index (χ0n) is 15.1. The Morgan fingerprint density at radius 2 is 2.04 bits per heavy atom. The van der Waals surface area contributed by atoms with E-state index in [2.05, 4.69) is 32.6 Å². The molecule has 4 rings (SSSR count). The average Bonchev–Trinajstić information content (AvgIpc) is 2.83. The third-order valence-electron chi connectivity index (χ3n) is 8.62. The van der Waals surface area contributed by atoms with Crippen LogP contribution in [0.4, 0.5) is 0 Å². The van der Waals surface area contributed by atoms with E-state index >= 15 is 0 Å². The van der Waals surface area contributed by atoms with Crippen molar-refractivity contribution >= 4 is 0 Å². The molecule has 128 valence electrons. The predicted molar refractivity (Wildman–Crippen MR) is 96.0 cm³/mol. The number of rotatable bonds is 2. The van der Waals surface area contributed by atoms with Gasteiger partial charge in [-0.1, -0.05) is 31.6 Å². The molecular weight excluding hydrogens is 280 g/mol. The summed E-state index contributed by atoms with van der Waals surface area (Å²) in [7, 11) is 0. The highest BCUT2D eigenvalue weighted by Crippen LogP contribution is 2.67. The highest BCUT2D eigenvalue weighted by atomic mass is 16.3. The summed E-state index contributed by atoms with van der Waals surface area (Å²) in [5.74, 6) is 3.16. The molecule has 0 aromatic carbocycles. The van der Waals surface area contributed by atoms with Crippen molar-refractivity contribution in [3.05, 3.63) is 24.3 Å². The third-order valence-corrected chi connectivity index (χ3v) is 8.62. The van der Waals surface area contributed by atoms with Gasteiger partial charge in [0.2, 0.25) is 0 Å². The Balaban J connectivity index is 1.74. The lowest BCUT2D eigenvalue weighted by molar-refractivity contribution is -0.0947. The van der Waals surface area contributed by atoms with Crippen molar-refractivity contribution in [3.63, 3.8) is 0 Å². The summed E-state index contributed by atoms with van der Waals surface area (Å²) in [6, 6.07) is 0. The largest absolute Gasteiger partial charge is 0.393 e. The lowest BCUT2D eigenvalue weighted by Crippen LogP contribution is -2.53. The van der Waals surface area contributed by atoms with Crippen LogP contribution in [0.5, 0.6) is 0 Å². The van der Waals surface area contributed by atoms with Crippen molar-refractivity contribution in [3.8, 4) is 0 Å². The Kier molecular flexibility index (Phi) is 3.80. The molecule has 23 heavy (non-hydrogen) atoms. The predicted octanol–water partition coefficient (Wildman–Crippen LogP) is 5.50. The molecule has 0 bridgehead atoms. The molecular formula is C22H34O. The van der Waals surface area contributed by atoms with E-state index in [0.29, 0.717) is 5.41 Å². The van der Waals surface area contributed by atoms with E-state index in [9.17, 15) is 5.11 Å². The van der Waals surface area contributed by atoms with Gasteiger partial charge in [0.05, 0.1) is 6.10 Å². The monoisotopic (exact) mass is 314 g/mol. The summed E-state index contributed by atoms with van der Waals surface area (Å²) in [5, 5.41) is 10.7. The van der Waals surface area contributed by atoms with E-state index in [4.69, 9.17) is 0 Å². The second-order valence-corrected chi connectivity index (χ2v) is 9.46. The van der Waals surface area contributed by atoms with Crippen molar-refractivity contribution < 1.29 is 5.11 Å². The number of aliphatic hydroxyl groups is 1. The average molecular weight is 315 g/mol. The summed E-state index contributed by atoms with van der Waals surface area (Å²) in [5.41, 5.74) is 2.42. The van der Waals surface area contributed by atoms with Crippen LogP contribution < -0.4 is 0 Å². The number of hydrogen-bond acceptors (Lipinski definition) is 1. The first kappa shape index (κ1) is 15.9. The number of fused-ring (bicyclic) bond motifs is 5. The van der Waals surface area contributed by atoms with E-state index in [1.165, 1.54) is 44.9 Å². The second-order valence-electron chi connectivity index (χ2n) is 9.46. The lowest BCUT2D eigenvalue weighted by Gasteiger charge is -2.60. The molecule has 4 aliphatic carbocycles. The van der Waals surface area contributed by atoms with E-state index < -0.39 is 0 Å². The highest BCUT2D eigenvalue weighted by Gasteiger charge is 2.60. The van der Waals surface area contributed by atoms with Gasteiger partial charge in [-0.3, -0.25) is 0 Å². The Labute approximate surface area is 142 Å². The molecule has 1 N–H and O–H groups in total. The fourth-order valence-corrected chi connectivity index (χ4v) is 7.32. The minimum absolute atomic E-state index is 0.0612. The second kappa shape index (κ2) is 5.48. The SMILES string of the molecule is C=CC[C@@H]1CC2=CCCC[C@]2(C)[C@H]2CC[C@]3(C)[C@H](O)CC[C@H]3[C@H]12. The van der Waals surface area contributed by atoms with E-state index in [1.54, 1.807) is 5.57 Å². The molecule has 0 radical (unpaired) electrons. The van der Waals surface area contributed by atoms with Gasteiger partial charge in [0.25, 0.3) is 0 Å². The van der Waals surface area contributed by atoms with Gasteiger partial charge >= 0.3 is 0 Å². The smallest absolute Gasteiger partial charge is 0.0596 e. The van der Waals surface area contributed by atoms with Crippen LogP contribution in [-0.2, 0) is 0 Å². The molecule has 0 unspecified atom stereocenters.